The molecule has 0 aliphatic carbocycles. The lowest BCUT2D eigenvalue weighted by Crippen LogP contribution is -1.98. The van der Waals surface area contributed by atoms with Crippen molar-refractivity contribution in [2.75, 3.05) is 0 Å². The zero-order valence-electron chi connectivity index (χ0n) is 11.6. The van der Waals surface area contributed by atoms with E-state index in [1.54, 1.807) is 0 Å². The molecule has 0 fully saturated rings. The molecule has 0 spiro atoms. The van der Waals surface area contributed by atoms with Crippen LogP contribution < -0.4 is 0 Å². The zero-order valence-corrected chi connectivity index (χ0v) is 11.6. The van der Waals surface area contributed by atoms with Gasteiger partial charge in [-0.25, -0.2) is 0 Å². The maximum absolute atomic E-state index is 4.10. The summed E-state index contributed by atoms with van der Waals surface area (Å²) in [4.78, 5) is 0. The minimum absolute atomic E-state index is 0.537. The SMILES string of the molecule is CC.c1ccc(-c2nnc(-c3ccccc3)nn2)cc1. The van der Waals surface area contributed by atoms with Crippen molar-refractivity contribution >= 4 is 0 Å². The summed E-state index contributed by atoms with van der Waals surface area (Å²) in [6.45, 7) is 4.00. The summed E-state index contributed by atoms with van der Waals surface area (Å²) in [5, 5.41) is 16.4. The Kier molecular flexibility index (Phi) is 4.89. The smallest absolute Gasteiger partial charge is 0.126 e. The van der Waals surface area contributed by atoms with E-state index in [0.29, 0.717) is 11.6 Å². The third kappa shape index (κ3) is 3.23. The molecular weight excluding hydrogens is 248 g/mol. The molecule has 0 radical (unpaired) electrons. The van der Waals surface area contributed by atoms with Crippen LogP contribution >= 0.6 is 0 Å². The van der Waals surface area contributed by atoms with E-state index in [4.69, 9.17) is 0 Å². The van der Waals surface area contributed by atoms with Crippen molar-refractivity contribution in [3.05, 3.63) is 60.7 Å². The molecule has 0 N–H and O–H groups in total. The van der Waals surface area contributed by atoms with Crippen LogP contribution in [-0.4, -0.2) is 20.4 Å². The van der Waals surface area contributed by atoms with E-state index in [0.717, 1.165) is 11.1 Å². The van der Waals surface area contributed by atoms with Gasteiger partial charge in [0.25, 0.3) is 0 Å². The van der Waals surface area contributed by atoms with Crippen LogP contribution in [0.3, 0.4) is 0 Å². The maximum atomic E-state index is 4.10. The summed E-state index contributed by atoms with van der Waals surface area (Å²) in [6.07, 6.45) is 0. The Morgan fingerprint density at radius 1 is 0.500 bits per heavy atom. The fourth-order valence-electron chi connectivity index (χ4n) is 1.63. The van der Waals surface area contributed by atoms with E-state index in [-0.39, 0.29) is 0 Å². The Hall–Kier alpha value is -2.62. The van der Waals surface area contributed by atoms with Crippen LogP contribution in [0.2, 0.25) is 0 Å². The third-order valence-electron chi connectivity index (χ3n) is 2.54. The first-order valence-electron chi connectivity index (χ1n) is 6.62. The molecule has 100 valence electrons. The summed E-state index contributed by atoms with van der Waals surface area (Å²) in [7, 11) is 0. The van der Waals surface area contributed by atoms with E-state index < -0.39 is 0 Å². The quantitative estimate of drug-likeness (QED) is 0.709. The van der Waals surface area contributed by atoms with Crippen molar-refractivity contribution in [2.24, 2.45) is 0 Å². The van der Waals surface area contributed by atoms with Gasteiger partial charge in [0.2, 0.25) is 11.6 Å². The molecular formula is C16H16N4. The Bertz CT molecular complexity index is 563. The van der Waals surface area contributed by atoms with E-state index in [9.17, 15) is 0 Å². The molecule has 0 atom stereocenters. The summed E-state index contributed by atoms with van der Waals surface area (Å²) in [6, 6.07) is 19.4. The van der Waals surface area contributed by atoms with Gasteiger partial charge in [0.15, 0.2) is 0 Å². The number of aromatic nitrogens is 4. The predicted octanol–water partition coefficient (Wildman–Crippen LogP) is 3.63. The number of hydrogen-bond donors (Lipinski definition) is 0. The van der Waals surface area contributed by atoms with E-state index in [1.807, 2.05) is 74.5 Å². The molecule has 0 bridgehead atoms. The molecule has 0 saturated heterocycles. The highest BCUT2D eigenvalue weighted by atomic mass is 15.3. The van der Waals surface area contributed by atoms with Crippen LogP contribution in [0.5, 0.6) is 0 Å². The van der Waals surface area contributed by atoms with Gasteiger partial charge >= 0.3 is 0 Å². The monoisotopic (exact) mass is 264 g/mol. The molecule has 0 unspecified atom stereocenters. The fraction of sp³-hybridized carbons (Fsp3) is 0.125. The minimum atomic E-state index is 0.537. The van der Waals surface area contributed by atoms with Gasteiger partial charge < -0.3 is 0 Å². The largest absolute Gasteiger partial charge is 0.203 e. The van der Waals surface area contributed by atoms with E-state index in [2.05, 4.69) is 20.4 Å². The zero-order chi connectivity index (χ0) is 14.2. The van der Waals surface area contributed by atoms with Gasteiger partial charge in [0.1, 0.15) is 0 Å². The summed E-state index contributed by atoms with van der Waals surface area (Å²) in [5.74, 6) is 1.07. The van der Waals surface area contributed by atoms with Gasteiger partial charge in [-0.05, 0) is 0 Å². The molecule has 0 amide bonds. The highest BCUT2D eigenvalue weighted by Crippen LogP contribution is 2.15. The molecule has 4 nitrogen and oxygen atoms in total. The molecule has 1 heterocycles. The van der Waals surface area contributed by atoms with Crippen LogP contribution in [0, 0.1) is 0 Å². The normalized spacial score (nSPS) is 9.50. The lowest BCUT2D eigenvalue weighted by atomic mass is 10.2. The topological polar surface area (TPSA) is 51.6 Å². The minimum Gasteiger partial charge on any atom is -0.126 e. The van der Waals surface area contributed by atoms with Crippen molar-refractivity contribution in [1.82, 2.24) is 20.4 Å². The number of nitrogens with zero attached hydrogens (tertiary/aromatic N) is 4. The molecule has 3 rings (SSSR count). The Morgan fingerprint density at radius 2 is 0.800 bits per heavy atom. The summed E-state index contributed by atoms with van der Waals surface area (Å²) < 4.78 is 0. The van der Waals surface area contributed by atoms with Gasteiger partial charge in [-0.15, -0.1) is 20.4 Å². The van der Waals surface area contributed by atoms with E-state index in [1.165, 1.54) is 0 Å². The Balaban J connectivity index is 0.000000704. The first kappa shape index (κ1) is 13.8. The van der Waals surface area contributed by atoms with Crippen LogP contribution in [0.15, 0.2) is 60.7 Å². The number of benzene rings is 2. The highest BCUT2D eigenvalue weighted by Gasteiger charge is 2.05. The number of rotatable bonds is 2. The van der Waals surface area contributed by atoms with Crippen LogP contribution in [0.4, 0.5) is 0 Å². The van der Waals surface area contributed by atoms with Gasteiger partial charge in [-0.3, -0.25) is 0 Å². The van der Waals surface area contributed by atoms with Crippen LogP contribution in [0.25, 0.3) is 22.8 Å². The van der Waals surface area contributed by atoms with Crippen molar-refractivity contribution in [3.63, 3.8) is 0 Å². The maximum Gasteiger partial charge on any atom is 0.203 e. The predicted molar refractivity (Wildman–Crippen MR) is 79.8 cm³/mol. The lowest BCUT2D eigenvalue weighted by molar-refractivity contribution is 0.876. The van der Waals surface area contributed by atoms with Crippen LogP contribution in [0.1, 0.15) is 13.8 Å². The van der Waals surface area contributed by atoms with Crippen LogP contribution in [-0.2, 0) is 0 Å². The van der Waals surface area contributed by atoms with Gasteiger partial charge in [0, 0.05) is 11.1 Å². The lowest BCUT2D eigenvalue weighted by Gasteiger charge is -1.99. The Labute approximate surface area is 118 Å². The molecule has 1 aromatic heterocycles. The molecule has 20 heavy (non-hydrogen) atoms. The molecule has 2 aromatic carbocycles. The second-order valence-corrected chi connectivity index (χ2v) is 3.78. The standard InChI is InChI=1S/C14H10N4.C2H6/c1-3-7-11(8-4-1)13-15-17-14(18-16-13)12-9-5-2-6-10-12;1-2/h1-10H;1-2H3. The molecule has 3 aromatic rings. The molecule has 4 heteroatoms. The van der Waals surface area contributed by atoms with Crippen molar-refractivity contribution in [1.29, 1.82) is 0 Å². The summed E-state index contributed by atoms with van der Waals surface area (Å²) in [5.41, 5.74) is 1.83. The second kappa shape index (κ2) is 7.09. The molecule has 0 aliphatic heterocycles. The molecule has 0 saturated carbocycles. The van der Waals surface area contributed by atoms with Gasteiger partial charge in [-0.1, -0.05) is 74.5 Å². The first-order valence-corrected chi connectivity index (χ1v) is 6.62. The highest BCUT2D eigenvalue weighted by molar-refractivity contribution is 5.56. The average Bonchev–Trinajstić information content (AvgIpc) is 2.58. The van der Waals surface area contributed by atoms with Gasteiger partial charge in [0.05, 0.1) is 0 Å². The van der Waals surface area contributed by atoms with Crippen molar-refractivity contribution in [2.45, 2.75) is 13.8 Å². The summed E-state index contributed by atoms with van der Waals surface area (Å²) >= 11 is 0. The number of hydrogen-bond acceptors (Lipinski definition) is 4. The third-order valence-corrected chi connectivity index (χ3v) is 2.54. The van der Waals surface area contributed by atoms with Crippen molar-refractivity contribution < 1.29 is 0 Å². The van der Waals surface area contributed by atoms with E-state index >= 15 is 0 Å². The average molecular weight is 264 g/mol. The Morgan fingerprint density at radius 3 is 1.10 bits per heavy atom. The van der Waals surface area contributed by atoms with Crippen molar-refractivity contribution in [3.8, 4) is 22.8 Å². The second-order valence-electron chi connectivity index (χ2n) is 3.78. The van der Waals surface area contributed by atoms with Gasteiger partial charge in [-0.2, -0.15) is 0 Å². The first-order chi connectivity index (χ1) is 9.93. The fourth-order valence-corrected chi connectivity index (χ4v) is 1.63. The molecule has 0 aliphatic rings.